The zero-order valence-electron chi connectivity index (χ0n) is 14.8. The van der Waals surface area contributed by atoms with Crippen LogP contribution >= 0.6 is 11.3 Å². The van der Waals surface area contributed by atoms with Gasteiger partial charge in [-0.15, -0.1) is 11.3 Å². The van der Waals surface area contributed by atoms with Gasteiger partial charge in [-0.1, -0.05) is 0 Å². The normalized spacial score (nSPS) is 17.6. The number of hydrogen-bond acceptors (Lipinski definition) is 5. The Hall–Kier alpha value is -2.48. The van der Waals surface area contributed by atoms with Gasteiger partial charge >= 0.3 is 0 Å². The quantitative estimate of drug-likeness (QED) is 0.692. The minimum atomic E-state index is 0.0617. The Bertz CT molecular complexity index is 868. The zero-order chi connectivity index (χ0) is 17.9. The van der Waals surface area contributed by atoms with Crippen LogP contribution in [-0.2, 0) is 13.1 Å². The van der Waals surface area contributed by atoms with Crippen molar-refractivity contribution in [2.45, 2.75) is 38.8 Å². The van der Waals surface area contributed by atoms with E-state index >= 15 is 0 Å². The Labute approximate surface area is 156 Å². The van der Waals surface area contributed by atoms with E-state index in [0.717, 1.165) is 37.4 Å². The number of likely N-dealkylation sites (tertiary alicyclic amines) is 1. The largest absolute Gasteiger partial charge is 0.337 e. The second-order valence-electron chi connectivity index (χ2n) is 6.52. The van der Waals surface area contributed by atoms with Crippen LogP contribution in [-0.4, -0.2) is 48.2 Å². The lowest BCUT2D eigenvalue weighted by atomic mass is 9.96. The minimum Gasteiger partial charge on any atom is -0.337 e. The van der Waals surface area contributed by atoms with Gasteiger partial charge in [0.25, 0.3) is 5.91 Å². The molecule has 1 aliphatic heterocycles. The summed E-state index contributed by atoms with van der Waals surface area (Å²) < 4.78 is 3.92. The SMILES string of the molecule is CCn1nccc1C(=O)N1CCC[C@H](c2nccn2Cc2cscn2)C1. The van der Waals surface area contributed by atoms with Crippen LogP contribution in [0.4, 0.5) is 0 Å². The summed E-state index contributed by atoms with van der Waals surface area (Å²) in [4.78, 5) is 23.8. The maximum absolute atomic E-state index is 12.9. The number of carbonyl (C=O) groups is 1. The molecule has 4 heterocycles. The molecular weight excluding hydrogens is 348 g/mol. The van der Waals surface area contributed by atoms with Crippen molar-refractivity contribution in [3.63, 3.8) is 0 Å². The van der Waals surface area contributed by atoms with Crippen molar-refractivity contribution in [1.29, 1.82) is 0 Å². The Morgan fingerprint density at radius 2 is 2.27 bits per heavy atom. The number of carbonyl (C=O) groups excluding carboxylic acids is 1. The van der Waals surface area contributed by atoms with Crippen molar-refractivity contribution >= 4 is 17.2 Å². The van der Waals surface area contributed by atoms with Gasteiger partial charge in [0, 0.05) is 49.5 Å². The van der Waals surface area contributed by atoms with Crippen molar-refractivity contribution in [2.75, 3.05) is 13.1 Å². The van der Waals surface area contributed by atoms with Crippen molar-refractivity contribution in [3.05, 3.63) is 52.8 Å². The van der Waals surface area contributed by atoms with Crippen LogP contribution < -0.4 is 0 Å². The van der Waals surface area contributed by atoms with E-state index in [1.165, 1.54) is 0 Å². The predicted molar refractivity (Wildman–Crippen MR) is 99.2 cm³/mol. The van der Waals surface area contributed by atoms with Gasteiger partial charge in [0.05, 0.1) is 17.7 Å². The molecule has 7 nitrogen and oxygen atoms in total. The first kappa shape index (κ1) is 17.0. The maximum Gasteiger partial charge on any atom is 0.272 e. The van der Waals surface area contributed by atoms with Crippen molar-refractivity contribution < 1.29 is 4.79 Å². The van der Waals surface area contributed by atoms with E-state index in [-0.39, 0.29) is 11.8 Å². The maximum atomic E-state index is 12.9. The summed E-state index contributed by atoms with van der Waals surface area (Å²) >= 11 is 1.60. The highest BCUT2D eigenvalue weighted by Crippen LogP contribution is 2.27. The molecule has 0 unspecified atom stereocenters. The van der Waals surface area contributed by atoms with Crippen molar-refractivity contribution in [3.8, 4) is 0 Å². The van der Waals surface area contributed by atoms with E-state index < -0.39 is 0 Å². The molecule has 4 rings (SSSR count). The predicted octanol–water partition coefficient (Wildman–Crippen LogP) is 2.62. The van der Waals surface area contributed by atoms with Crippen molar-refractivity contribution in [1.82, 2.24) is 29.2 Å². The Morgan fingerprint density at radius 3 is 3.08 bits per heavy atom. The molecular formula is C18H22N6OS. The Kier molecular flexibility index (Phi) is 4.83. The van der Waals surface area contributed by atoms with E-state index in [1.807, 2.05) is 29.7 Å². The summed E-state index contributed by atoms with van der Waals surface area (Å²) in [5, 5.41) is 6.28. The summed E-state index contributed by atoms with van der Waals surface area (Å²) in [7, 11) is 0. The fourth-order valence-corrected chi connectivity index (χ4v) is 4.15. The highest BCUT2D eigenvalue weighted by molar-refractivity contribution is 7.07. The first-order valence-electron chi connectivity index (χ1n) is 8.95. The molecule has 3 aromatic rings. The third-order valence-corrected chi connectivity index (χ3v) is 5.51. The molecule has 136 valence electrons. The fraction of sp³-hybridized carbons (Fsp3) is 0.444. The summed E-state index contributed by atoms with van der Waals surface area (Å²) in [6.07, 6.45) is 7.57. The van der Waals surface area contributed by atoms with Crippen LogP contribution in [0.15, 0.2) is 35.5 Å². The summed E-state index contributed by atoms with van der Waals surface area (Å²) in [5.74, 6) is 1.35. The summed E-state index contributed by atoms with van der Waals surface area (Å²) in [5.41, 5.74) is 3.56. The number of aryl methyl sites for hydroxylation is 1. The molecule has 26 heavy (non-hydrogen) atoms. The first-order chi connectivity index (χ1) is 12.8. The fourth-order valence-electron chi connectivity index (χ4n) is 3.61. The standard InChI is InChI=1S/C18H22N6OS/c1-2-24-16(5-6-21-24)18(25)23-8-3-4-14(10-23)17-19-7-9-22(17)11-15-12-26-13-20-15/h5-7,9,12-14H,2-4,8,10-11H2,1H3/t14-/m0/s1. The van der Waals surface area contributed by atoms with Crippen LogP contribution in [0, 0.1) is 0 Å². The first-order valence-corrected chi connectivity index (χ1v) is 9.89. The molecule has 0 bridgehead atoms. The summed E-state index contributed by atoms with van der Waals surface area (Å²) in [6.45, 7) is 4.91. The lowest BCUT2D eigenvalue weighted by molar-refractivity contribution is 0.0691. The van der Waals surface area contributed by atoms with Gasteiger partial charge < -0.3 is 9.47 Å². The zero-order valence-corrected chi connectivity index (χ0v) is 15.6. The molecule has 1 atom stereocenters. The molecule has 1 aliphatic rings. The second kappa shape index (κ2) is 7.41. The van der Waals surface area contributed by atoms with Crippen LogP contribution in [0.25, 0.3) is 0 Å². The number of aromatic nitrogens is 5. The van der Waals surface area contributed by atoms with E-state index in [2.05, 4.69) is 25.0 Å². The lowest BCUT2D eigenvalue weighted by Crippen LogP contribution is -2.40. The van der Waals surface area contributed by atoms with Gasteiger partial charge in [0.2, 0.25) is 0 Å². The van der Waals surface area contributed by atoms with E-state index in [0.29, 0.717) is 18.8 Å². The molecule has 0 N–H and O–H groups in total. The van der Waals surface area contributed by atoms with E-state index in [9.17, 15) is 4.79 Å². The molecule has 0 saturated carbocycles. The van der Waals surface area contributed by atoms with Gasteiger partial charge in [-0.3, -0.25) is 9.48 Å². The third kappa shape index (κ3) is 3.29. The topological polar surface area (TPSA) is 68.8 Å². The van der Waals surface area contributed by atoms with Crippen molar-refractivity contribution in [2.24, 2.45) is 0 Å². The van der Waals surface area contributed by atoms with Gasteiger partial charge in [0.15, 0.2) is 0 Å². The number of nitrogens with zero attached hydrogens (tertiary/aromatic N) is 6. The Morgan fingerprint density at radius 1 is 1.35 bits per heavy atom. The monoisotopic (exact) mass is 370 g/mol. The van der Waals surface area contributed by atoms with E-state index in [4.69, 9.17) is 0 Å². The molecule has 0 spiro atoms. The van der Waals surface area contributed by atoms with Gasteiger partial charge in [-0.2, -0.15) is 5.10 Å². The number of rotatable bonds is 5. The highest BCUT2D eigenvalue weighted by Gasteiger charge is 2.29. The molecule has 1 saturated heterocycles. The average molecular weight is 370 g/mol. The van der Waals surface area contributed by atoms with Crippen LogP contribution in [0.2, 0.25) is 0 Å². The van der Waals surface area contributed by atoms with Crippen LogP contribution in [0.3, 0.4) is 0 Å². The number of piperidine rings is 1. The molecule has 1 amide bonds. The molecule has 0 radical (unpaired) electrons. The van der Waals surface area contributed by atoms with Crippen LogP contribution in [0.1, 0.15) is 47.7 Å². The van der Waals surface area contributed by atoms with Gasteiger partial charge in [0.1, 0.15) is 11.5 Å². The van der Waals surface area contributed by atoms with Gasteiger partial charge in [-0.25, -0.2) is 9.97 Å². The van der Waals surface area contributed by atoms with E-state index in [1.54, 1.807) is 28.3 Å². The molecule has 0 aromatic carbocycles. The molecule has 0 aliphatic carbocycles. The number of imidazole rings is 1. The Balaban J connectivity index is 1.51. The second-order valence-corrected chi connectivity index (χ2v) is 7.23. The lowest BCUT2D eigenvalue weighted by Gasteiger charge is -2.32. The number of thiazole rings is 1. The average Bonchev–Trinajstić information content (AvgIpc) is 3.43. The third-order valence-electron chi connectivity index (χ3n) is 4.87. The molecule has 3 aromatic heterocycles. The number of amides is 1. The minimum absolute atomic E-state index is 0.0617. The number of hydrogen-bond donors (Lipinski definition) is 0. The highest BCUT2D eigenvalue weighted by atomic mass is 32.1. The molecule has 8 heteroatoms. The smallest absolute Gasteiger partial charge is 0.272 e. The van der Waals surface area contributed by atoms with Gasteiger partial charge in [-0.05, 0) is 25.8 Å². The summed E-state index contributed by atoms with van der Waals surface area (Å²) in [6, 6.07) is 1.80. The molecule has 1 fully saturated rings. The van der Waals surface area contributed by atoms with Crippen LogP contribution in [0.5, 0.6) is 0 Å².